The summed E-state index contributed by atoms with van der Waals surface area (Å²) in [5, 5.41) is 1.47. The largest absolute Gasteiger partial charge is 0.451 e. The Morgan fingerprint density at radius 2 is 2.13 bits per heavy atom. The highest BCUT2D eigenvalue weighted by Crippen LogP contribution is 2.34. The number of halogens is 1. The zero-order chi connectivity index (χ0) is 11.0. The van der Waals surface area contributed by atoms with Crippen LogP contribution in [0.25, 0.3) is 11.0 Å². The Hall–Kier alpha value is -1.28. The van der Waals surface area contributed by atoms with Crippen LogP contribution in [0.2, 0.25) is 5.02 Å². The molecule has 0 aliphatic rings. The molecule has 3 heteroatoms. The molecule has 0 spiro atoms. The summed E-state index contributed by atoms with van der Waals surface area (Å²) in [6.07, 6.45) is 0.742. The van der Waals surface area contributed by atoms with E-state index in [4.69, 9.17) is 16.0 Å². The van der Waals surface area contributed by atoms with Crippen LogP contribution in [0.3, 0.4) is 0 Å². The lowest BCUT2D eigenvalue weighted by Gasteiger charge is -2.01. The predicted octanol–water partition coefficient (Wildman–Crippen LogP) is 4.02. The minimum atomic E-state index is 0.241. The van der Waals surface area contributed by atoms with Crippen molar-refractivity contribution >= 4 is 28.9 Å². The third-order valence-corrected chi connectivity index (χ3v) is 2.72. The predicted molar refractivity (Wildman–Crippen MR) is 60.7 cm³/mol. The first-order valence-corrected chi connectivity index (χ1v) is 5.19. The standard InChI is InChI=1S/C12H11ClO2/c1-7(2)11-8-4-3-5-9(13)12(8)15-10(11)6-14/h3-7H,1-2H3. The molecule has 0 fully saturated rings. The van der Waals surface area contributed by atoms with Crippen molar-refractivity contribution in [2.24, 2.45) is 0 Å². The Morgan fingerprint density at radius 3 is 2.73 bits per heavy atom. The van der Waals surface area contributed by atoms with E-state index in [1.165, 1.54) is 0 Å². The smallest absolute Gasteiger partial charge is 0.185 e. The molecule has 0 saturated carbocycles. The van der Waals surface area contributed by atoms with Crippen molar-refractivity contribution in [3.8, 4) is 0 Å². The van der Waals surface area contributed by atoms with Gasteiger partial charge in [-0.3, -0.25) is 4.79 Å². The fraction of sp³-hybridized carbons (Fsp3) is 0.250. The number of hydrogen-bond acceptors (Lipinski definition) is 2. The topological polar surface area (TPSA) is 30.2 Å². The van der Waals surface area contributed by atoms with Gasteiger partial charge in [0.1, 0.15) is 0 Å². The first-order valence-electron chi connectivity index (χ1n) is 4.81. The van der Waals surface area contributed by atoms with Crippen molar-refractivity contribution in [2.75, 3.05) is 0 Å². The molecule has 0 bridgehead atoms. The van der Waals surface area contributed by atoms with Gasteiger partial charge in [0.2, 0.25) is 0 Å². The highest BCUT2D eigenvalue weighted by Gasteiger charge is 2.17. The molecule has 0 atom stereocenters. The number of fused-ring (bicyclic) bond motifs is 1. The van der Waals surface area contributed by atoms with Crippen LogP contribution in [0.1, 0.15) is 35.9 Å². The van der Waals surface area contributed by atoms with Gasteiger partial charge in [0.15, 0.2) is 17.6 Å². The van der Waals surface area contributed by atoms with Gasteiger partial charge in [0.05, 0.1) is 5.02 Å². The molecule has 0 unspecified atom stereocenters. The monoisotopic (exact) mass is 222 g/mol. The summed E-state index contributed by atoms with van der Waals surface area (Å²) in [6, 6.07) is 5.54. The third kappa shape index (κ3) is 1.55. The molecular weight excluding hydrogens is 212 g/mol. The molecule has 2 aromatic rings. The van der Waals surface area contributed by atoms with Crippen molar-refractivity contribution < 1.29 is 9.21 Å². The SMILES string of the molecule is CC(C)c1c(C=O)oc2c(Cl)cccc12. The van der Waals surface area contributed by atoms with E-state index in [-0.39, 0.29) is 5.92 Å². The molecule has 78 valence electrons. The second-order valence-corrected chi connectivity index (χ2v) is 4.18. The molecule has 1 aromatic carbocycles. The minimum Gasteiger partial charge on any atom is -0.451 e. The summed E-state index contributed by atoms with van der Waals surface area (Å²) in [6.45, 7) is 4.05. The lowest BCUT2D eigenvalue weighted by Crippen LogP contribution is -1.90. The Bertz CT molecular complexity index is 512. The number of para-hydroxylation sites is 1. The molecule has 0 amide bonds. The lowest BCUT2D eigenvalue weighted by atomic mass is 10.00. The Morgan fingerprint density at radius 1 is 1.40 bits per heavy atom. The molecule has 1 aromatic heterocycles. The van der Waals surface area contributed by atoms with Crippen LogP contribution in [-0.4, -0.2) is 6.29 Å². The van der Waals surface area contributed by atoms with Crippen LogP contribution < -0.4 is 0 Å². The zero-order valence-corrected chi connectivity index (χ0v) is 9.34. The van der Waals surface area contributed by atoms with E-state index in [0.29, 0.717) is 16.4 Å². The van der Waals surface area contributed by atoms with E-state index in [9.17, 15) is 4.79 Å². The molecule has 2 rings (SSSR count). The summed E-state index contributed by atoms with van der Waals surface area (Å²) in [4.78, 5) is 10.9. The van der Waals surface area contributed by atoms with Crippen LogP contribution in [-0.2, 0) is 0 Å². The van der Waals surface area contributed by atoms with Crippen molar-refractivity contribution in [3.63, 3.8) is 0 Å². The second-order valence-electron chi connectivity index (χ2n) is 3.77. The summed E-state index contributed by atoms with van der Waals surface area (Å²) in [7, 11) is 0. The van der Waals surface area contributed by atoms with Crippen molar-refractivity contribution in [1.29, 1.82) is 0 Å². The van der Waals surface area contributed by atoms with Gasteiger partial charge in [0.25, 0.3) is 0 Å². The van der Waals surface area contributed by atoms with Crippen molar-refractivity contribution in [3.05, 3.63) is 34.5 Å². The highest BCUT2D eigenvalue weighted by molar-refractivity contribution is 6.35. The minimum absolute atomic E-state index is 0.241. The van der Waals surface area contributed by atoms with E-state index < -0.39 is 0 Å². The van der Waals surface area contributed by atoms with Crippen LogP contribution >= 0.6 is 11.6 Å². The Balaban J connectivity index is 2.86. The van der Waals surface area contributed by atoms with E-state index in [1.807, 2.05) is 26.0 Å². The summed E-state index contributed by atoms with van der Waals surface area (Å²) in [5.74, 6) is 0.623. The molecule has 0 aliphatic carbocycles. The maximum Gasteiger partial charge on any atom is 0.185 e. The summed E-state index contributed by atoms with van der Waals surface area (Å²) in [5.41, 5.74) is 1.53. The maximum absolute atomic E-state index is 10.9. The van der Waals surface area contributed by atoms with Gasteiger partial charge >= 0.3 is 0 Å². The fourth-order valence-electron chi connectivity index (χ4n) is 1.81. The van der Waals surface area contributed by atoms with Crippen LogP contribution in [0.5, 0.6) is 0 Å². The van der Waals surface area contributed by atoms with Gasteiger partial charge < -0.3 is 4.42 Å². The normalized spacial score (nSPS) is 11.2. The number of aldehydes is 1. The first-order chi connectivity index (χ1) is 7.15. The number of carbonyl (C=O) groups excluding carboxylic acids is 1. The van der Waals surface area contributed by atoms with Gasteiger partial charge in [-0.25, -0.2) is 0 Å². The van der Waals surface area contributed by atoms with Gasteiger partial charge in [0, 0.05) is 10.9 Å². The summed E-state index contributed by atoms with van der Waals surface area (Å²) < 4.78 is 5.44. The number of carbonyl (C=O) groups is 1. The molecule has 0 saturated heterocycles. The number of benzene rings is 1. The van der Waals surface area contributed by atoms with Crippen molar-refractivity contribution in [2.45, 2.75) is 19.8 Å². The van der Waals surface area contributed by atoms with Crippen LogP contribution in [0.4, 0.5) is 0 Å². The average Bonchev–Trinajstić information content (AvgIpc) is 2.57. The third-order valence-electron chi connectivity index (χ3n) is 2.42. The Labute approximate surface area is 92.8 Å². The molecule has 1 heterocycles. The lowest BCUT2D eigenvalue weighted by molar-refractivity contribution is 0.110. The van der Waals surface area contributed by atoms with E-state index in [0.717, 1.165) is 17.2 Å². The van der Waals surface area contributed by atoms with Crippen LogP contribution in [0, 0.1) is 0 Å². The fourth-order valence-corrected chi connectivity index (χ4v) is 2.02. The maximum atomic E-state index is 10.9. The average molecular weight is 223 g/mol. The molecule has 0 N–H and O–H groups in total. The second kappa shape index (κ2) is 3.70. The van der Waals surface area contributed by atoms with E-state index in [2.05, 4.69) is 0 Å². The van der Waals surface area contributed by atoms with Gasteiger partial charge in [-0.2, -0.15) is 0 Å². The Kier molecular flexibility index (Phi) is 2.53. The molecule has 15 heavy (non-hydrogen) atoms. The highest BCUT2D eigenvalue weighted by atomic mass is 35.5. The molecule has 2 nitrogen and oxygen atoms in total. The summed E-state index contributed by atoms with van der Waals surface area (Å²) >= 11 is 5.99. The van der Waals surface area contributed by atoms with Gasteiger partial charge in [-0.15, -0.1) is 0 Å². The van der Waals surface area contributed by atoms with Gasteiger partial charge in [-0.05, 0) is 12.0 Å². The van der Waals surface area contributed by atoms with Gasteiger partial charge in [-0.1, -0.05) is 37.6 Å². The number of rotatable bonds is 2. The molecule has 0 radical (unpaired) electrons. The van der Waals surface area contributed by atoms with Crippen molar-refractivity contribution in [1.82, 2.24) is 0 Å². The number of furan rings is 1. The van der Waals surface area contributed by atoms with E-state index >= 15 is 0 Å². The quantitative estimate of drug-likeness (QED) is 0.719. The van der Waals surface area contributed by atoms with Crippen LogP contribution in [0.15, 0.2) is 22.6 Å². The number of hydrogen-bond donors (Lipinski definition) is 0. The zero-order valence-electron chi connectivity index (χ0n) is 8.58. The molecule has 0 aliphatic heterocycles. The van der Waals surface area contributed by atoms with E-state index in [1.54, 1.807) is 6.07 Å². The first kappa shape index (κ1) is 10.2. The molecular formula is C12H11ClO2.